The van der Waals surface area contributed by atoms with E-state index in [2.05, 4.69) is 0 Å². The van der Waals surface area contributed by atoms with Crippen molar-refractivity contribution in [2.45, 2.75) is 18.5 Å². The minimum atomic E-state index is -5.08. The largest absolute Gasteiger partial charge is 0.490 e. The number of aliphatic carboxylic acids is 3. The van der Waals surface area contributed by atoms with Crippen LogP contribution in [0.5, 0.6) is 0 Å². The molecule has 0 heterocycles. The normalized spacial score (nSPS) is 9.48. The van der Waals surface area contributed by atoms with E-state index in [0.717, 1.165) is 0 Å². The Kier molecular flexibility index (Phi) is 28.7. The molecule has 9 nitrogen and oxygen atoms in total. The second kappa shape index (κ2) is 16.4. The van der Waals surface area contributed by atoms with E-state index in [4.69, 9.17) is 29.7 Å². The number of carboxylic acids is 3. The number of hydrogen-bond acceptors (Lipinski definition) is 3. The summed E-state index contributed by atoms with van der Waals surface area (Å²) in [6.07, 6.45) is -15.3. The van der Waals surface area contributed by atoms with Gasteiger partial charge < -0.3 is 31.7 Å². The van der Waals surface area contributed by atoms with Crippen LogP contribution in [0.15, 0.2) is 0 Å². The molecule has 0 atom stereocenters. The van der Waals surface area contributed by atoms with Crippen molar-refractivity contribution < 1.29 is 123 Å². The van der Waals surface area contributed by atoms with Crippen LogP contribution in [0, 0.1) is 36.9 Å². The third-order valence-corrected chi connectivity index (χ3v) is 0.728. The van der Waals surface area contributed by atoms with E-state index in [1.807, 2.05) is 0 Å². The van der Waals surface area contributed by atoms with E-state index in [-0.39, 0.29) is 53.3 Å². The Hall–Kier alpha value is -1.11. The quantitative estimate of drug-likeness (QED) is 0.328. The third-order valence-electron chi connectivity index (χ3n) is 0.728. The van der Waals surface area contributed by atoms with E-state index in [1.165, 1.54) is 0 Å². The van der Waals surface area contributed by atoms with Crippen LogP contribution >= 0.6 is 0 Å². The summed E-state index contributed by atoms with van der Waals surface area (Å²) in [6.45, 7) is 0. The average molecular weight is 565 g/mol. The number of halogens is 9. The van der Waals surface area contributed by atoms with E-state index >= 15 is 0 Å². The molecule has 0 aromatic heterocycles. The van der Waals surface area contributed by atoms with Crippen molar-refractivity contribution in [1.29, 1.82) is 0 Å². The summed E-state index contributed by atoms with van der Waals surface area (Å²) in [5.74, 6) is -8.27. The first-order valence-corrected chi connectivity index (χ1v) is 3.73. The molecule has 25 heavy (non-hydrogen) atoms. The number of carboxylic acid groups (broad SMARTS) is 3. The fourth-order valence-corrected chi connectivity index (χ4v) is 0. The summed E-state index contributed by atoms with van der Waals surface area (Å²) in [4.78, 5) is 26.7. The van der Waals surface area contributed by atoms with Gasteiger partial charge in [0.1, 0.15) is 0 Å². The van der Waals surface area contributed by atoms with Gasteiger partial charge in [0, 0.05) is 36.9 Å². The minimum Gasteiger partial charge on any atom is -0.475 e. The van der Waals surface area contributed by atoms with Gasteiger partial charge in [0.25, 0.3) is 0 Å². The van der Waals surface area contributed by atoms with Gasteiger partial charge in [-0.15, -0.1) is 0 Å². The van der Waals surface area contributed by atoms with Crippen molar-refractivity contribution in [1.82, 2.24) is 0 Å². The van der Waals surface area contributed by atoms with Crippen molar-refractivity contribution in [2.24, 2.45) is 0 Å². The van der Waals surface area contributed by atoms with Gasteiger partial charge in [0.05, 0.1) is 0 Å². The zero-order valence-electron chi connectivity index (χ0n) is 10.7. The van der Waals surface area contributed by atoms with Crippen LogP contribution in [0.1, 0.15) is 0 Å². The number of alkyl halides is 9. The number of carbonyl (C=O) groups is 3. The zero-order valence-corrected chi connectivity index (χ0v) is 12.5. The Balaban J connectivity index is -0.0000000360. The summed E-state index contributed by atoms with van der Waals surface area (Å²) >= 11 is 0. The van der Waals surface area contributed by atoms with Gasteiger partial charge in [-0.05, 0) is 0 Å². The van der Waals surface area contributed by atoms with Crippen LogP contribution in [0.4, 0.5) is 39.5 Å². The third kappa shape index (κ3) is 35.0. The summed E-state index contributed by atoms with van der Waals surface area (Å²) in [6, 6.07) is 0. The Bertz CT molecular complexity index is 318. The molecule has 0 spiro atoms. The van der Waals surface area contributed by atoms with E-state index in [0.29, 0.717) is 0 Å². The van der Waals surface area contributed by atoms with Gasteiger partial charge in [-0.25, -0.2) is 14.4 Å². The van der Waals surface area contributed by atoms with Crippen molar-refractivity contribution in [3.05, 3.63) is 0 Å². The van der Waals surface area contributed by atoms with Crippen LogP contribution in [0.3, 0.4) is 0 Å². The number of rotatable bonds is 0. The first-order valence-electron chi connectivity index (χ1n) is 3.73. The molecule has 0 aliphatic carbocycles. The maximum Gasteiger partial charge on any atom is 0.490 e. The first-order chi connectivity index (χ1) is 8.83. The fourth-order valence-electron chi connectivity index (χ4n) is 0. The van der Waals surface area contributed by atoms with Crippen LogP contribution in [-0.2, 0) is 14.4 Å². The van der Waals surface area contributed by atoms with Crippen molar-refractivity contribution in [3.63, 3.8) is 0 Å². The van der Waals surface area contributed by atoms with Crippen molar-refractivity contribution >= 4 is 17.9 Å². The molecule has 0 saturated carbocycles. The van der Waals surface area contributed by atoms with Crippen molar-refractivity contribution in [3.8, 4) is 0 Å². The predicted octanol–water partition coefficient (Wildman–Crippen LogP) is -0.574. The second-order valence-corrected chi connectivity index (χ2v) is 2.41. The van der Waals surface area contributed by atoms with Gasteiger partial charge in [-0.1, -0.05) is 0 Å². The molecule has 0 aromatic rings. The molecular weight excluding hydrogens is 556 g/mol. The summed E-state index contributed by atoms with van der Waals surface area (Å²) in [5.41, 5.74) is 0. The van der Waals surface area contributed by atoms with Crippen LogP contribution in [0.2, 0.25) is 0 Å². The SMILES string of the molecule is O.O.O.O=C(O)C(F)(F)F.O=C(O)C(F)(F)F.O=C(O)C(F)(F)F.[Tm]. The molecule has 0 saturated heterocycles. The Labute approximate surface area is 159 Å². The summed E-state index contributed by atoms with van der Waals surface area (Å²) in [5, 5.41) is 21.4. The molecule has 1 radical (unpaired) electrons. The molecule has 0 bridgehead atoms. The molecule has 0 unspecified atom stereocenters. The molecule has 19 heteroatoms. The van der Waals surface area contributed by atoms with Crippen LogP contribution < -0.4 is 0 Å². The molecule has 0 fully saturated rings. The molecule has 0 amide bonds. The Morgan fingerprint density at radius 3 is 0.520 bits per heavy atom. The molecule has 0 aliphatic rings. The summed E-state index contributed by atoms with van der Waals surface area (Å²) in [7, 11) is 0. The molecule has 163 valence electrons. The molecule has 9 N–H and O–H groups in total. The predicted molar refractivity (Wildman–Crippen MR) is 51.9 cm³/mol. The minimum absolute atomic E-state index is 0. The monoisotopic (exact) mass is 565 g/mol. The molecule has 0 rings (SSSR count). The first kappa shape index (κ1) is 43.9. The van der Waals surface area contributed by atoms with Gasteiger partial charge in [0.2, 0.25) is 0 Å². The second-order valence-electron chi connectivity index (χ2n) is 2.41. The topological polar surface area (TPSA) is 206 Å². The van der Waals surface area contributed by atoms with Gasteiger partial charge in [-0.3, -0.25) is 0 Å². The number of hydrogen-bond donors (Lipinski definition) is 3. The Morgan fingerprint density at radius 1 is 0.480 bits per heavy atom. The zero-order chi connectivity index (χ0) is 18.2. The molecule has 0 aromatic carbocycles. The smallest absolute Gasteiger partial charge is 0.475 e. The van der Waals surface area contributed by atoms with Gasteiger partial charge in [0.15, 0.2) is 0 Å². The fraction of sp³-hybridized carbons (Fsp3) is 0.500. The van der Waals surface area contributed by atoms with Crippen LogP contribution in [0.25, 0.3) is 0 Å². The maximum absolute atomic E-state index is 10.6. The maximum atomic E-state index is 10.6. The summed E-state index contributed by atoms with van der Waals surface area (Å²) < 4.78 is 95.2. The van der Waals surface area contributed by atoms with Crippen molar-refractivity contribution in [2.75, 3.05) is 0 Å². The standard InChI is InChI=1S/3C2HF3O2.3H2O.Tm/c3*3-2(4,5)1(6)7;;;;/h3*(H,6,7);3*1H2;. The van der Waals surface area contributed by atoms with Crippen LogP contribution in [-0.4, -0.2) is 68.2 Å². The van der Waals surface area contributed by atoms with E-state index < -0.39 is 36.4 Å². The van der Waals surface area contributed by atoms with E-state index in [9.17, 15) is 39.5 Å². The average Bonchev–Trinajstić information content (AvgIpc) is 2.14. The van der Waals surface area contributed by atoms with E-state index in [1.54, 1.807) is 0 Å². The van der Waals surface area contributed by atoms with Gasteiger partial charge >= 0.3 is 36.4 Å². The Morgan fingerprint density at radius 2 is 0.520 bits per heavy atom. The molecule has 0 aliphatic heterocycles. The van der Waals surface area contributed by atoms with Gasteiger partial charge in [-0.2, -0.15) is 39.5 Å². The molecular formula is C6H9F9O9Tm.